The van der Waals surface area contributed by atoms with Crippen molar-refractivity contribution in [2.75, 3.05) is 0 Å². The van der Waals surface area contributed by atoms with Crippen LogP contribution in [-0.4, -0.2) is 16.4 Å². The summed E-state index contributed by atoms with van der Waals surface area (Å²) in [6, 6.07) is 11.1. The van der Waals surface area contributed by atoms with E-state index in [2.05, 4.69) is 71.1 Å². The van der Waals surface area contributed by atoms with Crippen molar-refractivity contribution >= 4 is 22.9 Å². The van der Waals surface area contributed by atoms with Gasteiger partial charge in [0.1, 0.15) is 0 Å². The first-order valence-electron chi connectivity index (χ1n) is 10.8. The lowest BCUT2D eigenvalue weighted by Gasteiger charge is -2.42. The first-order chi connectivity index (χ1) is 14.0. The van der Waals surface area contributed by atoms with Crippen LogP contribution in [0.1, 0.15) is 68.4 Å². The van der Waals surface area contributed by atoms with Gasteiger partial charge < -0.3 is 0 Å². The summed E-state index contributed by atoms with van der Waals surface area (Å²) in [7, 11) is 0. The van der Waals surface area contributed by atoms with Gasteiger partial charge in [0, 0.05) is 0 Å². The number of carbonyl (C=O) groups excluding carboxylic acids is 2. The number of amides is 2. The maximum Gasteiger partial charge on any atom is 0.286 e. The van der Waals surface area contributed by atoms with Crippen LogP contribution in [0.15, 0.2) is 30.3 Å². The molecule has 1 aliphatic heterocycles. The lowest BCUT2D eigenvalue weighted by molar-refractivity contribution is -0.118. The van der Waals surface area contributed by atoms with E-state index < -0.39 is 0 Å². The molecule has 4 rings (SSSR count). The SMILES string of the molecule is Cc1cc2c(cc1-c1c(C)cccc1CC1SC(=O)NC1=O)C(C)(C)CCC2(C)C. The summed E-state index contributed by atoms with van der Waals surface area (Å²) in [6.45, 7) is 13.7. The molecule has 1 saturated heterocycles. The highest BCUT2D eigenvalue weighted by molar-refractivity contribution is 8.15. The lowest BCUT2D eigenvalue weighted by Crippen LogP contribution is -2.34. The molecule has 30 heavy (non-hydrogen) atoms. The summed E-state index contributed by atoms with van der Waals surface area (Å²) in [5.74, 6) is -0.178. The Bertz CT molecular complexity index is 1050. The van der Waals surface area contributed by atoms with E-state index in [0.717, 1.165) is 17.3 Å². The highest BCUT2D eigenvalue weighted by Gasteiger charge is 2.38. The molecule has 1 fully saturated rings. The molecular weight excluding hydrogens is 390 g/mol. The molecule has 0 saturated carbocycles. The van der Waals surface area contributed by atoms with Crippen molar-refractivity contribution in [2.24, 2.45) is 0 Å². The van der Waals surface area contributed by atoms with Crippen LogP contribution in [0, 0.1) is 13.8 Å². The molecule has 0 aromatic heterocycles. The van der Waals surface area contributed by atoms with Crippen LogP contribution < -0.4 is 5.32 Å². The molecule has 3 nitrogen and oxygen atoms in total. The minimum Gasteiger partial charge on any atom is -0.286 e. The van der Waals surface area contributed by atoms with Crippen molar-refractivity contribution < 1.29 is 9.59 Å². The monoisotopic (exact) mass is 421 g/mol. The number of benzene rings is 2. The summed E-state index contributed by atoms with van der Waals surface area (Å²) >= 11 is 1.11. The number of fused-ring (bicyclic) bond motifs is 1. The average molecular weight is 422 g/mol. The second-order valence-electron chi connectivity index (χ2n) is 10.2. The van der Waals surface area contributed by atoms with E-state index in [-0.39, 0.29) is 27.2 Å². The van der Waals surface area contributed by atoms with Gasteiger partial charge >= 0.3 is 0 Å². The Morgan fingerprint density at radius 2 is 1.60 bits per heavy atom. The lowest BCUT2D eigenvalue weighted by atomic mass is 9.62. The van der Waals surface area contributed by atoms with E-state index in [1.54, 1.807) is 0 Å². The Morgan fingerprint density at radius 1 is 0.967 bits per heavy atom. The third-order valence-electron chi connectivity index (χ3n) is 7.00. The number of hydrogen-bond acceptors (Lipinski definition) is 3. The summed E-state index contributed by atoms with van der Waals surface area (Å²) in [4.78, 5) is 23.8. The van der Waals surface area contributed by atoms with Crippen molar-refractivity contribution in [1.29, 1.82) is 0 Å². The maximum atomic E-state index is 12.2. The largest absolute Gasteiger partial charge is 0.286 e. The Kier molecular flexibility index (Phi) is 5.13. The molecule has 2 amide bonds. The number of aryl methyl sites for hydroxylation is 2. The molecule has 2 aliphatic rings. The molecule has 2 aromatic rings. The van der Waals surface area contributed by atoms with Crippen LogP contribution in [0.25, 0.3) is 11.1 Å². The van der Waals surface area contributed by atoms with Crippen LogP contribution >= 0.6 is 11.8 Å². The standard InChI is InChI=1S/C26H31NO2S/c1-15-8-7-9-17(13-21-23(28)27-24(29)30-21)22(15)18-14-20-19(12-16(18)2)25(3,4)10-11-26(20,5)6/h7-9,12,14,21H,10-11,13H2,1-6H3,(H,27,28,29). The van der Waals surface area contributed by atoms with Crippen LogP contribution in [0.5, 0.6) is 0 Å². The minimum atomic E-state index is -0.355. The normalized spacial score (nSPS) is 22.0. The Hall–Kier alpha value is -2.07. The van der Waals surface area contributed by atoms with E-state index in [4.69, 9.17) is 0 Å². The van der Waals surface area contributed by atoms with Gasteiger partial charge in [0.25, 0.3) is 5.24 Å². The topological polar surface area (TPSA) is 46.2 Å². The zero-order valence-electron chi connectivity index (χ0n) is 18.8. The third-order valence-corrected chi connectivity index (χ3v) is 7.98. The summed E-state index contributed by atoms with van der Waals surface area (Å²) < 4.78 is 0. The molecule has 1 aliphatic carbocycles. The highest BCUT2D eigenvalue weighted by atomic mass is 32.2. The van der Waals surface area contributed by atoms with Crippen molar-refractivity contribution in [2.45, 2.75) is 76.9 Å². The predicted molar refractivity (Wildman–Crippen MR) is 125 cm³/mol. The van der Waals surface area contributed by atoms with Gasteiger partial charge in [0.2, 0.25) is 5.91 Å². The van der Waals surface area contributed by atoms with E-state index in [9.17, 15) is 9.59 Å². The number of hydrogen-bond donors (Lipinski definition) is 1. The van der Waals surface area contributed by atoms with Crippen LogP contribution in [-0.2, 0) is 22.0 Å². The zero-order valence-corrected chi connectivity index (χ0v) is 19.6. The minimum absolute atomic E-state index is 0.143. The number of imide groups is 1. The van der Waals surface area contributed by atoms with E-state index in [1.165, 1.54) is 46.2 Å². The first kappa shape index (κ1) is 21.2. The van der Waals surface area contributed by atoms with Gasteiger partial charge in [-0.15, -0.1) is 0 Å². The Morgan fingerprint density at radius 3 is 2.20 bits per heavy atom. The molecule has 1 atom stereocenters. The predicted octanol–water partition coefficient (Wildman–Crippen LogP) is 6.21. The average Bonchev–Trinajstić information content (AvgIpc) is 2.97. The fourth-order valence-corrected chi connectivity index (χ4v) is 5.85. The fraction of sp³-hybridized carbons (Fsp3) is 0.462. The zero-order chi connectivity index (χ0) is 21.8. The summed E-state index contributed by atoms with van der Waals surface area (Å²) in [5, 5.41) is 1.82. The first-order valence-corrected chi connectivity index (χ1v) is 11.6. The van der Waals surface area contributed by atoms with Gasteiger partial charge in [-0.25, -0.2) is 0 Å². The summed E-state index contributed by atoms with van der Waals surface area (Å²) in [5.41, 5.74) is 9.31. The Labute approximate surface area is 184 Å². The van der Waals surface area contributed by atoms with Crippen molar-refractivity contribution in [3.8, 4) is 11.1 Å². The van der Waals surface area contributed by atoms with Gasteiger partial charge in [-0.3, -0.25) is 14.9 Å². The van der Waals surface area contributed by atoms with Crippen LogP contribution in [0.3, 0.4) is 0 Å². The van der Waals surface area contributed by atoms with Gasteiger partial charge in [0.15, 0.2) is 0 Å². The highest BCUT2D eigenvalue weighted by Crippen LogP contribution is 2.48. The van der Waals surface area contributed by atoms with Crippen molar-refractivity contribution in [1.82, 2.24) is 5.32 Å². The maximum absolute atomic E-state index is 12.2. The van der Waals surface area contributed by atoms with Gasteiger partial charge in [0.05, 0.1) is 5.25 Å². The second-order valence-corrected chi connectivity index (χ2v) is 11.4. The van der Waals surface area contributed by atoms with Crippen LogP contribution in [0.2, 0.25) is 0 Å². The molecule has 4 heteroatoms. The van der Waals surface area contributed by atoms with Gasteiger partial charge in [-0.1, -0.05) is 69.8 Å². The number of nitrogens with one attached hydrogen (secondary N) is 1. The molecule has 1 N–H and O–H groups in total. The van der Waals surface area contributed by atoms with E-state index >= 15 is 0 Å². The van der Waals surface area contributed by atoms with E-state index in [1.807, 2.05) is 6.07 Å². The smallest absolute Gasteiger partial charge is 0.286 e. The fourth-order valence-electron chi connectivity index (χ4n) is 5.00. The van der Waals surface area contributed by atoms with Crippen molar-refractivity contribution in [3.63, 3.8) is 0 Å². The van der Waals surface area contributed by atoms with Crippen molar-refractivity contribution in [3.05, 3.63) is 58.1 Å². The molecule has 0 spiro atoms. The Balaban J connectivity index is 1.86. The molecule has 0 radical (unpaired) electrons. The third kappa shape index (κ3) is 3.60. The number of thioether (sulfide) groups is 1. The van der Waals surface area contributed by atoms with Crippen LogP contribution in [0.4, 0.5) is 4.79 Å². The molecule has 158 valence electrons. The molecule has 1 unspecified atom stereocenters. The molecule has 0 bridgehead atoms. The quantitative estimate of drug-likeness (QED) is 0.640. The molecule has 2 aromatic carbocycles. The number of carbonyl (C=O) groups is 2. The number of rotatable bonds is 3. The second kappa shape index (κ2) is 7.26. The molecule has 1 heterocycles. The van der Waals surface area contributed by atoms with Gasteiger partial charge in [-0.2, -0.15) is 0 Å². The van der Waals surface area contributed by atoms with E-state index in [0.29, 0.717) is 6.42 Å². The summed E-state index contributed by atoms with van der Waals surface area (Å²) in [6.07, 6.45) is 2.94. The van der Waals surface area contributed by atoms with Gasteiger partial charge in [-0.05, 0) is 82.9 Å². The molecular formula is C26H31NO2S.